The number of hydrogen-bond acceptors (Lipinski definition) is 4. The number of ether oxygens (including phenoxy) is 1. The fourth-order valence-corrected chi connectivity index (χ4v) is 2.06. The number of nitrogens with two attached hydrogens (primary N) is 1. The van der Waals surface area contributed by atoms with Crippen molar-refractivity contribution in [2.45, 2.75) is 19.4 Å². The van der Waals surface area contributed by atoms with Gasteiger partial charge in [-0.1, -0.05) is 6.92 Å². The number of carbonyl (C=O) groups is 3. The standard InChI is InChI=1S/C11H19N3O5/c1-7-2-4-14(9(7)10(16)17)11(18)13-3-5-19-6-8(12)15/h7,9H,2-6H2,1H3,(H2,12,15)(H,13,18)(H,16,17). The average molecular weight is 273 g/mol. The van der Waals surface area contributed by atoms with Crippen molar-refractivity contribution in [1.82, 2.24) is 10.2 Å². The highest BCUT2D eigenvalue weighted by molar-refractivity contribution is 5.83. The molecular formula is C11H19N3O5. The van der Waals surface area contributed by atoms with E-state index >= 15 is 0 Å². The number of carboxylic acids is 1. The molecule has 0 aromatic rings. The third-order valence-corrected chi connectivity index (χ3v) is 2.98. The number of carboxylic acid groups (broad SMARTS) is 1. The molecule has 1 rings (SSSR count). The number of hydrogen-bond donors (Lipinski definition) is 3. The Labute approximate surface area is 110 Å². The third kappa shape index (κ3) is 4.40. The van der Waals surface area contributed by atoms with Gasteiger partial charge in [0, 0.05) is 13.1 Å². The summed E-state index contributed by atoms with van der Waals surface area (Å²) < 4.78 is 4.88. The summed E-state index contributed by atoms with van der Waals surface area (Å²) in [6.07, 6.45) is 0.669. The molecule has 0 saturated carbocycles. The number of urea groups is 1. The maximum Gasteiger partial charge on any atom is 0.326 e. The van der Waals surface area contributed by atoms with Crippen LogP contribution in [0.15, 0.2) is 0 Å². The van der Waals surface area contributed by atoms with Crippen molar-refractivity contribution in [3.05, 3.63) is 0 Å². The molecule has 1 aliphatic rings. The van der Waals surface area contributed by atoms with Crippen LogP contribution in [-0.4, -0.2) is 60.3 Å². The first-order valence-electron chi connectivity index (χ1n) is 6.06. The summed E-state index contributed by atoms with van der Waals surface area (Å²) in [6.45, 7) is 2.38. The Morgan fingerprint density at radius 3 is 2.74 bits per heavy atom. The highest BCUT2D eigenvalue weighted by Gasteiger charge is 2.39. The lowest BCUT2D eigenvalue weighted by Gasteiger charge is -2.23. The molecule has 0 aromatic carbocycles. The molecule has 19 heavy (non-hydrogen) atoms. The molecule has 0 spiro atoms. The number of rotatable bonds is 6. The van der Waals surface area contributed by atoms with Crippen LogP contribution >= 0.6 is 0 Å². The summed E-state index contributed by atoms with van der Waals surface area (Å²) in [7, 11) is 0. The van der Waals surface area contributed by atoms with Gasteiger partial charge in [-0.15, -0.1) is 0 Å². The van der Waals surface area contributed by atoms with E-state index in [-0.39, 0.29) is 25.7 Å². The predicted molar refractivity (Wildman–Crippen MR) is 65.3 cm³/mol. The van der Waals surface area contributed by atoms with Gasteiger partial charge in [0.2, 0.25) is 5.91 Å². The van der Waals surface area contributed by atoms with E-state index in [9.17, 15) is 14.4 Å². The minimum absolute atomic E-state index is 0.0608. The van der Waals surface area contributed by atoms with E-state index < -0.39 is 23.9 Å². The molecule has 1 fully saturated rings. The van der Waals surface area contributed by atoms with Crippen LogP contribution in [0.2, 0.25) is 0 Å². The van der Waals surface area contributed by atoms with Gasteiger partial charge in [-0.2, -0.15) is 0 Å². The zero-order valence-electron chi connectivity index (χ0n) is 10.8. The minimum atomic E-state index is -0.995. The Hall–Kier alpha value is -1.83. The van der Waals surface area contributed by atoms with E-state index in [2.05, 4.69) is 5.32 Å². The number of nitrogens with zero attached hydrogens (tertiary/aromatic N) is 1. The van der Waals surface area contributed by atoms with E-state index in [1.807, 2.05) is 6.92 Å². The molecule has 4 N–H and O–H groups in total. The first-order chi connectivity index (χ1) is 8.93. The van der Waals surface area contributed by atoms with Gasteiger partial charge in [-0.05, 0) is 12.3 Å². The monoisotopic (exact) mass is 273 g/mol. The molecule has 8 nitrogen and oxygen atoms in total. The van der Waals surface area contributed by atoms with Crippen LogP contribution in [0.3, 0.4) is 0 Å². The fourth-order valence-electron chi connectivity index (χ4n) is 2.06. The van der Waals surface area contributed by atoms with Crippen molar-refractivity contribution in [1.29, 1.82) is 0 Å². The number of primary amides is 1. The topological polar surface area (TPSA) is 122 Å². The van der Waals surface area contributed by atoms with Crippen molar-refractivity contribution in [3.63, 3.8) is 0 Å². The van der Waals surface area contributed by atoms with E-state index in [4.69, 9.17) is 15.6 Å². The quantitative estimate of drug-likeness (QED) is 0.535. The molecular weight excluding hydrogens is 254 g/mol. The molecule has 2 atom stereocenters. The van der Waals surface area contributed by atoms with Gasteiger partial charge < -0.3 is 25.8 Å². The Morgan fingerprint density at radius 1 is 1.47 bits per heavy atom. The highest BCUT2D eigenvalue weighted by atomic mass is 16.5. The minimum Gasteiger partial charge on any atom is -0.480 e. The van der Waals surface area contributed by atoms with Gasteiger partial charge in [0.15, 0.2) is 0 Å². The molecule has 1 saturated heterocycles. The van der Waals surface area contributed by atoms with Crippen LogP contribution in [0, 0.1) is 5.92 Å². The first kappa shape index (κ1) is 15.2. The molecule has 0 aliphatic carbocycles. The van der Waals surface area contributed by atoms with Crippen LogP contribution in [0.25, 0.3) is 0 Å². The molecule has 1 aliphatic heterocycles. The Kier molecular flexibility index (Phi) is 5.56. The van der Waals surface area contributed by atoms with E-state index in [1.54, 1.807) is 0 Å². The maximum absolute atomic E-state index is 11.8. The normalized spacial score (nSPS) is 22.3. The van der Waals surface area contributed by atoms with Crippen LogP contribution < -0.4 is 11.1 Å². The lowest BCUT2D eigenvalue weighted by Crippen LogP contribution is -2.48. The fraction of sp³-hybridized carbons (Fsp3) is 0.727. The lowest BCUT2D eigenvalue weighted by molar-refractivity contribution is -0.142. The molecule has 0 bridgehead atoms. The molecule has 108 valence electrons. The van der Waals surface area contributed by atoms with Crippen molar-refractivity contribution >= 4 is 17.9 Å². The average Bonchev–Trinajstić information content (AvgIpc) is 2.70. The second-order valence-corrected chi connectivity index (χ2v) is 4.49. The van der Waals surface area contributed by atoms with Crippen molar-refractivity contribution in [2.24, 2.45) is 11.7 Å². The third-order valence-electron chi connectivity index (χ3n) is 2.98. The maximum atomic E-state index is 11.8. The van der Waals surface area contributed by atoms with Gasteiger partial charge in [0.1, 0.15) is 12.6 Å². The summed E-state index contributed by atoms with van der Waals surface area (Å²) in [5.74, 6) is -1.63. The van der Waals surface area contributed by atoms with E-state index in [0.717, 1.165) is 0 Å². The second kappa shape index (κ2) is 6.93. The largest absolute Gasteiger partial charge is 0.480 e. The smallest absolute Gasteiger partial charge is 0.326 e. The van der Waals surface area contributed by atoms with Gasteiger partial charge in [-0.3, -0.25) is 4.79 Å². The molecule has 0 radical (unpaired) electrons. The molecule has 1 heterocycles. The zero-order chi connectivity index (χ0) is 14.4. The summed E-state index contributed by atoms with van der Waals surface area (Å²) in [5, 5.41) is 11.6. The summed E-state index contributed by atoms with van der Waals surface area (Å²) in [5.41, 5.74) is 4.88. The van der Waals surface area contributed by atoms with Crippen molar-refractivity contribution in [2.75, 3.05) is 26.3 Å². The number of amides is 3. The van der Waals surface area contributed by atoms with Gasteiger partial charge in [0.05, 0.1) is 6.61 Å². The summed E-state index contributed by atoms with van der Waals surface area (Å²) in [4.78, 5) is 34.6. The molecule has 3 amide bonds. The zero-order valence-corrected chi connectivity index (χ0v) is 10.8. The van der Waals surface area contributed by atoms with Gasteiger partial charge in [0.25, 0.3) is 0 Å². The van der Waals surface area contributed by atoms with Crippen LogP contribution in [0.5, 0.6) is 0 Å². The number of aliphatic carboxylic acids is 1. The molecule has 8 heteroatoms. The second-order valence-electron chi connectivity index (χ2n) is 4.49. The van der Waals surface area contributed by atoms with Crippen molar-refractivity contribution < 1.29 is 24.2 Å². The van der Waals surface area contributed by atoms with Crippen LogP contribution in [-0.2, 0) is 14.3 Å². The van der Waals surface area contributed by atoms with Crippen LogP contribution in [0.1, 0.15) is 13.3 Å². The predicted octanol–water partition coefficient (Wildman–Crippen LogP) is -1.01. The number of nitrogens with one attached hydrogen (secondary N) is 1. The molecule has 0 aromatic heterocycles. The van der Waals surface area contributed by atoms with E-state index in [0.29, 0.717) is 13.0 Å². The summed E-state index contributed by atoms with van der Waals surface area (Å²) >= 11 is 0. The van der Waals surface area contributed by atoms with Crippen molar-refractivity contribution in [3.8, 4) is 0 Å². The Morgan fingerprint density at radius 2 is 2.16 bits per heavy atom. The van der Waals surface area contributed by atoms with Crippen LogP contribution in [0.4, 0.5) is 4.79 Å². The Balaban J connectivity index is 2.33. The molecule has 2 unspecified atom stereocenters. The first-order valence-corrected chi connectivity index (χ1v) is 6.06. The highest BCUT2D eigenvalue weighted by Crippen LogP contribution is 2.23. The van der Waals surface area contributed by atoms with E-state index in [1.165, 1.54) is 4.90 Å². The van der Waals surface area contributed by atoms with Gasteiger partial charge >= 0.3 is 12.0 Å². The number of carbonyl (C=O) groups excluding carboxylic acids is 2. The summed E-state index contributed by atoms with van der Waals surface area (Å²) in [6, 6.07) is -1.22. The van der Waals surface area contributed by atoms with Gasteiger partial charge in [-0.25, -0.2) is 9.59 Å². The number of likely N-dealkylation sites (tertiary alicyclic amines) is 1. The Bertz CT molecular complexity index is 360. The SMILES string of the molecule is CC1CCN(C(=O)NCCOCC(N)=O)C1C(=O)O. The lowest BCUT2D eigenvalue weighted by atomic mass is 10.0.